The number of rotatable bonds is 3. The number of thiazole rings is 1. The molecule has 7 nitrogen and oxygen atoms in total. The van der Waals surface area contributed by atoms with Crippen LogP contribution in [0.5, 0.6) is 5.75 Å². The van der Waals surface area contributed by atoms with Gasteiger partial charge in [-0.15, -0.1) is 0 Å². The summed E-state index contributed by atoms with van der Waals surface area (Å²) in [4.78, 5) is 21.2. The number of methoxy groups -OCH3 is 1. The highest BCUT2D eigenvalue weighted by atomic mass is 32.1. The minimum Gasteiger partial charge on any atom is -0.494 e. The van der Waals surface area contributed by atoms with Crippen LogP contribution >= 0.6 is 11.3 Å². The van der Waals surface area contributed by atoms with Crippen molar-refractivity contribution in [3.63, 3.8) is 0 Å². The molecule has 0 spiro atoms. The second-order valence-corrected chi connectivity index (χ2v) is 8.72. The van der Waals surface area contributed by atoms with Crippen molar-refractivity contribution < 1.29 is 4.74 Å². The van der Waals surface area contributed by atoms with Crippen molar-refractivity contribution in [1.82, 2.24) is 14.8 Å². The SMILES string of the molecule is COc1ccc(C)c2sc(N3CC4CN(c5ccc(=O)n(C)n5)CC4C3)nc12. The van der Waals surface area contributed by atoms with Gasteiger partial charge in [0.1, 0.15) is 17.1 Å². The third kappa shape index (κ3) is 2.74. The Bertz CT molecular complexity index is 1090. The third-order valence-electron chi connectivity index (χ3n) is 5.94. The maximum absolute atomic E-state index is 11.6. The number of nitrogens with zero attached hydrogens (tertiary/aromatic N) is 5. The smallest absolute Gasteiger partial charge is 0.266 e. The number of benzene rings is 1. The number of anilines is 2. The van der Waals surface area contributed by atoms with Gasteiger partial charge in [-0.3, -0.25) is 4.79 Å². The van der Waals surface area contributed by atoms with Crippen molar-refractivity contribution in [3.8, 4) is 5.75 Å². The Hall–Kier alpha value is -2.61. The molecule has 0 N–H and O–H groups in total. The summed E-state index contributed by atoms with van der Waals surface area (Å²) < 4.78 is 8.12. The lowest BCUT2D eigenvalue weighted by Crippen LogP contribution is -2.30. The van der Waals surface area contributed by atoms with Crippen molar-refractivity contribution in [2.24, 2.45) is 18.9 Å². The molecular weight excluding hydrogens is 374 g/mol. The lowest BCUT2D eigenvalue weighted by molar-refractivity contribution is 0.419. The summed E-state index contributed by atoms with van der Waals surface area (Å²) in [6.45, 7) is 6.09. The molecule has 2 aliphatic rings. The molecule has 4 heterocycles. The summed E-state index contributed by atoms with van der Waals surface area (Å²) in [5, 5.41) is 5.50. The Labute approximate surface area is 167 Å². The van der Waals surface area contributed by atoms with Crippen molar-refractivity contribution in [3.05, 3.63) is 40.2 Å². The van der Waals surface area contributed by atoms with Crippen molar-refractivity contribution in [2.45, 2.75) is 6.92 Å². The van der Waals surface area contributed by atoms with E-state index in [0.717, 1.165) is 48.4 Å². The van der Waals surface area contributed by atoms with E-state index < -0.39 is 0 Å². The Morgan fingerprint density at radius 2 is 1.79 bits per heavy atom. The van der Waals surface area contributed by atoms with E-state index in [4.69, 9.17) is 9.72 Å². The summed E-state index contributed by atoms with van der Waals surface area (Å²) in [6.07, 6.45) is 0. The van der Waals surface area contributed by atoms with Gasteiger partial charge in [-0.2, -0.15) is 5.10 Å². The topological polar surface area (TPSA) is 63.5 Å². The van der Waals surface area contributed by atoms with Gasteiger partial charge in [-0.05, 0) is 24.6 Å². The van der Waals surface area contributed by atoms with Gasteiger partial charge in [0.15, 0.2) is 5.13 Å². The van der Waals surface area contributed by atoms with Gasteiger partial charge in [0, 0.05) is 51.1 Å². The van der Waals surface area contributed by atoms with Crippen LogP contribution < -0.4 is 20.1 Å². The Morgan fingerprint density at radius 1 is 1.07 bits per heavy atom. The molecule has 2 saturated heterocycles. The second kappa shape index (κ2) is 6.48. The molecule has 5 rings (SSSR count). The normalized spacial score (nSPS) is 21.5. The molecule has 8 heteroatoms. The predicted molar refractivity (Wildman–Crippen MR) is 112 cm³/mol. The fourth-order valence-electron chi connectivity index (χ4n) is 4.39. The van der Waals surface area contributed by atoms with Gasteiger partial charge in [-0.25, -0.2) is 9.67 Å². The number of aromatic nitrogens is 3. The number of aryl methyl sites for hydroxylation is 2. The first-order valence-corrected chi connectivity index (χ1v) is 10.3. The number of fused-ring (bicyclic) bond motifs is 2. The summed E-state index contributed by atoms with van der Waals surface area (Å²) in [6, 6.07) is 7.53. The van der Waals surface area contributed by atoms with Crippen LogP contribution in [0.3, 0.4) is 0 Å². The predicted octanol–water partition coefficient (Wildman–Crippen LogP) is 2.28. The lowest BCUT2D eigenvalue weighted by atomic mass is 10.0. The number of hydrogen-bond donors (Lipinski definition) is 0. The molecule has 2 aliphatic heterocycles. The van der Waals surface area contributed by atoms with Crippen LogP contribution in [0.25, 0.3) is 10.2 Å². The molecule has 0 bridgehead atoms. The van der Waals surface area contributed by atoms with Crippen molar-refractivity contribution in [2.75, 3.05) is 43.1 Å². The van der Waals surface area contributed by atoms with Crippen LogP contribution in [-0.2, 0) is 7.05 Å². The van der Waals surface area contributed by atoms with Crippen LogP contribution in [0.2, 0.25) is 0 Å². The molecule has 0 radical (unpaired) electrons. The van der Waals surface area contributed by atoms with Crippen molar-refractivity contribution >= 4 is 32.5 Å². The molecule has 28 heavy (non-hydrogen) atoms. The molecule has 2 unspecified atom stereocenters. The van der Waals surface area contributed by atoms with E-state index in [0.29, 0.717) is 11.8 Å². The lowest BCUT2D eigenvalue weighted by Gasteiger charge is -2.22. The van der Waals surface area contributed by atoms with Gasteiger partial charge in [0.05, 0.1) is 11.8 Å². The Kier molecular flexibility index (Phi) is 4.04. The highest BCUT2D eigenvalue weighted by Crippen LogP contribution is 2.40. The van der Waals surface area contributed by atoms with E-state index in [2.05, 4.69) is 27.9 Å². The molecule has 0 saturated carbocycles. The molecule has 0 aliphatic carbocycles. The standard InChI is InChI=1S/C20H23N5O2S/c1-12-4-5-15(27-3)18-19(12)28-20(21-18)25-10-13-8-24(9-14(13)11-25)16-6-7-17(26)23(2)22-16/h4-7,13-14H,8-11H2,1-3H3. The van der Waals surface area contributed by atoms with E-state index in [1.807, 2.05) is 12.1 Å². The van der Waals surface area contributed by atoms with Crippen molar-refractivity contribution in [1.29, 1.82) is 0 Å². The van der Waals surface area contributed by atoms with Gasteiger partial charge in [0.25, 0.3) is 5.56 Å². The monoisotopic (exact) mass is 397 g/mol. The third-order valence-corrected chi connectivity index (χ3v) is 7.19. The Balaban J connectivity index is 1.35. The van der Waals surface area contributed by atoms with Crippen LogP contribution in [0.15, 0.2) is 29.1 Å². The van der Waals surface area contributed by atoms with Crippen LogP contribution in [0.4, 0.5) is 10.9 Å². The quantitative estimate of drug-likeness (QED) is 0.676. The maximum Gasteiger partial charge on any atom is 0.266 e. The van der Waals surface area contributed by atoms with E-state index in [-0.39, 0.29) is 5.56 Å². The van der Waals surface area contributed by atoms with Gasteiger partial charge in [-0.1, -0.05) is 17.4 Å². The zero-order valence-corrected chi connectivity index (χ0v) is 17.1. The van der Waals surface area contributed by atoms with Crippen LogP contribution in [-0.4, -0.2) is 48.1 Å². The molecule has 2 fully saturated rings. The number of hydrogen-bond acceptors (Lipinski definition) is 7. The van der Waals surface area contributed by atoms with E-state index >= 15 is 0 Å². The van der Waals surface area contributed by atoms with Gasteiger partial charge >= 0.3 is 0 Å². The summed E-state index contributed by atoms with van der Waals surface area (Å²) in [7, 11) is 3.40. The first-order chi connectivity index (χ1) is 13.5. The molecule has 2 aromatic heterocycles. The van der Waals surface area contributed by atoms with Crippen LogP contribution in [0, 0.1) is 18.8 Å². The molecular formula is C20H23N5O2S. The molecule has 146 valence electrons. The zero-order valence-electron chi connectivity index (χ0n) is 16.3. The second-order valence-electron chi connectivity index (χ2n) is 7.74. The summed E-state index contributed by atoms with van der Waals surface area (Å²) in [5.74, 6) is 2.92. The average Bonchev–Trinajstić information content (AvgIpc) is 3.37. The summed E-state index contributed by atoms with van der Waals surface area (Å²) >= 11 is 1.76. The largest absolute Gasteiger partial charge is 0.494 e. The fraction of sp³-hybridized carbons (Fsp3) is 0.450. The molecule has 2 atom stereocenters. The number of ether oxygens (including phenoxy) is 1. The van der Waals surface area contributed by atoms with Crippen LogP contribution in [0.1, 0.15) is 5.56 Å². The minimum absolute atomic E-state index is 0.0733. The zero-order chi connectivity index (χ0) is 19.4. The first kappa shape index (κ1) is 17.5. The minimum atomic E-state index is -0.0733. The fourth-order valence-corrected chi connectivity index (χ4v) is 5.46. The van der Waals surface area contributed by atoms with Gasteiger partial charge in [0.2, 0.25) is 0 Å². The average molecular weight is 398 g/mol. The van der Waals surface area contributed by atoms with E-state index in [1.165, 1.54) is 14.9 Å². The molecule has 1 aromatic carbocycles. The molecule has 3 aromatic rings. The highest BCUT2D eigenvalue weighted by molar-refractivity contribution is 7.22. The highest BCUT2D eigenvalue weighted by Gasteiger charge is 2.41. The van der Waals surface area contributed by atoms with E-state index in [1.54, 1.807) is 31.6 Å². The molecule has 0 amide bonds. The van der Waals surface area contributed by atoms with E-state index in [9.17, 15) is 4.79 Å². The van der Waals surface area contributed by atoms with Gasteiger partial charge < -0.3 is 14.5 Å². The first-order valence-electron chi connectivity index (χ1n) is 9.52. The Morgan fingerprint density at radius 3 is 2.46 bits per heavy atom. The summed E-state index contributed by atoms with van der Waals surface area (Å²) in [5.41, 5.74) is 2.14. The maximum atomic E-state index is 11.6.